The van der Waals surface area contributed by atoms with Crippen LogP contribution in [0, 0.1) is 0 Å². The van der Waals surface area contributed by atoms with E-state index >= 15 is 0 Å². The monoisotopic (exact) mass is 192 g/mol. The van der Waals surface area contributed by atoms with Crippen LogP contribution in [0.3, 0.4) is 0 Å². The summed E-state index contributed by atoms with van der Waals surface area (Å²) < 4.78 is 10.00. The van der Waals surface area contributed by atoms with Crippen molar-refractivity contribution in [2.75, 3.05) is 19.8 Å². The first kappa shape index (κ1) is 7.25. The van der Waals surface area contributed by atoms with Crippen LogP contribution in [0.2, 0.25) is 0 Å². The predicted octanol–water partition coefficient (Wildman–Crippen LogP) is 1.31. The van der Waals surface area contributed by atoms with Crippen molar-refractivity contribution < 1.29 is 9.47 Å². The van der Waals surface area contributed by atoms with Gasteiger partial charge in [-0.25, -0.2) is 0 Å². The molecular weight excluding hydrogens is 184 g/mol. The summed E-state index contributed by atoms with van der Waals surface area (Å²) in [7, 11) is 0. The fourth-order valence-corrected chi connectivity index (χ4v) is 0.965. The van der Waals surface area contributed by atoms with E-state index in [1.54, 1.807) is 6.08 Å². The number of hydrogen-bond acceptors (Lipinski definition) is 2. The van der Waals surface area contributed by atoms with E-state index in [0.717, 1.165) is 0 Å². The standard InChI is InChI=1S/C6H9BrO2/c1-2-6(7)5-8-3-4-9-6/h2H,1,3-5H2. The van der Waals surface area contributed by atoms with Crippen molar-refractivity contribution in [3.8, 4) is 0 Å². The third-order valence-corrected chi connectivity index (χ3v) is 1.95. The highest BCUT2D eigenvalue weighted by molar-refractivity contribution is 9.10. The average molecular weight is 193 g/mol. The van der Waals surface area contributed by atoms with Gasteiger partial charge in [-0.2, -0.15) is 0 Å². The summed E-state index contributed by atoms with van der Waals surface area (Å²) >= 11 is 3.33. The zero-order chi connectivity index (χ0) is 6.74. The number of alkyl halides is 1. The molecule has 1 rings (SSSR count). The maximum atomic E-state index is 5.29. The van der Waals surface area contributed by atoms with Crippen LogP contribution in [0.4, 0.5) is 0 Å². The lowest BCUT2D eigenvalue weighted by atomic mass is 10.3. The maximum absolute atomic E-state index is 5.29. The van der Waals surface area contributed by atoms with Crippen LogP contribution in [0.15, 0.2) is 12.7 Å². The van der Waals surface area contributed by atoms with Gasteiger partial charge in [0, 0.05) is 0 Å². The summed E-state index contributed by atoms with van der Waals surface area (Å²) in [5, 5.41) is 0. The zero-order valence-corrected chi connectivity index (χ0v) is 6.69. The van der Waals surface area contributed by atoms with Gasteiger partial charge in [-0.3, -0.25) is 0 Å². The molecule has 1 fully saturated rings. The van der Waals surface area contributed by atoms with Crippen molar-refractivity contribution in [2.45, 2.75) is 4.51 Å². The fraction of sp³-hybridized carbons (Fsp3) is 0.667. The highest BCUT2D eigenvalue weighted by Gasteiger charge is 2.26. The Balaban J connectivity index is 2.46. The molecule has 1 heterocycles. The molecule has 0 saturated carbocycles. The van der Waals surface area contributed by atoms with E-state index in [0.29, 0.717) is 19.8 Å². The predicted molar refractivity (Wildman–Crippen MR) is 38.6 cm³/mol. The summed E-state index contributed by atoms with van der Waals surface area (Å²) in [6, 6.07) is 0. The molecule has 1 aliphatic rings. The second-order valence-electron chi connectivity index (χ2n) is 1.89. The summed E-state index contributed by atoms with van der Waals surface area (Å²) in [6.45, 7) is 5.47. The second-order valence-corrected chi connectivity index (χ2v) is 3.23. The van der Waals surface area contributed by atoms with Crippen LogP contribution >= 0.6 is 15.9 Å². The molecule has 3 heteroatoms. The molecule has 9 heavy (non-hydrogen) atoms. The number of hydrogen-bond donors (Lipinski definition) is 0. The summed E-state index contributed by atoms with van der Waals surface area (Å²) in [6.07, 6.45) is 1.70. The zero-order valence-electron chi connectivity index (χ0n) is 5.10. The van der Waals surface area contributed by atoms with Crippen molar-refractivity contribution >= 4 is 15.9 Å². The van der Waals surface area contributed by atoms with E-state index in [9.17, 15) is 0 Å². The molecule has 0 aromatic rings. The lowest BCUT2D eigenvalue weighted by Gasteiger charge is -2.28. The van der Waals surface area contributed by atoms with Gasteiger partial charge in [0.05, 0.1) is 19.8 Å². The molecule has 1 saturated heterocycles. The molecular formula is C6H9BrO2. The summed E-state index contributed by atoms with van der Waals surface area (Å²) in [5.41, 5.74) is 0. The fourth-order valence-electron chi connectivity index (χ4n) is 0.641. The second kappa shape index (κ2) is 2.82. The lowest BCUT2D eigenvalue weighted by Crippen LogP contribution is -2.35. The number of halogens is 1. The molecule has 0 bridgehead atoms. The van der Waals surface area contributed by atoms with Crippen molar-refractivity contribution in [2.24, 2.45) is 0 Å². The van der Waals surface area contributed by atoms with Gasteiger partial charge >= 0.3 is 0 Å². The van der Waals surface area contributed by atoms with Crippen LogP contribution in [0.1, 0.15) is 0 Å². The molecule has 0 aromatic heterocycles. The highest BCUT2D eigenvalue weighted by atomic mass is 79.9. The average Bonchev–Trinajstić information content (AvgIpc) is 1.90. The first-order chi connectivity index (χ1) is 4.27. The number of rotatable bonds is 1. The third-order valence-electron chi connectivity index (χ3n) is 1.17. The van der Waals surface area contributed by atoms with Crippen molar-refractivity contribution in [1.29, 1.82) is 0 Å². The highest BCUT2D eigenvalue weighted by Crippen LogP contribution is 2.23. The molecule has 52 valence electrons. The Kier molecular flexibility index (Phi) is 2.27. The van der Waals surface area contributed by atoms with Crippen LogP contribution in [-0.4, -0.2) is 24.3 Å². The first-order valence-electron chi connectivity index (χ1n) is 2.81. The van der Waals surface area contributed by atoms with E-state index in [4.69, 9.17) is 9.47 Å². The van der Waals surface area contributed by atoms with E-state index in [-0.39, 0.29) is 0 Å². The van der Waals surface area contributed by atoms with Gasteiger partial charge in [-0.05, 0) is 22.0 Å². The molecule has 0 amide bonds. The normalized spacial score (nSPS) is 36.1. The van der Waals surface area contributed by atoms with Crippen molar-refractivity contribution in [3.63, 3.8) is 0 Å². The topological polar surface area (TPSA) is 18.5 Å². The van der Waals surface area contributed by atoms with Crippen molar-refractivity contribution in [3.05, 3.63) is 12.7 Å². The Morgan fingerprint density at radius 2 is 2.33 bits per heavy atom. The van der Waals surface area contributed by atoms with E-state index < -0.39 is 4.51 Å². The third kappa shape index (κ3) is 1.78. The summed E-state index contributed by atoms with van der Waals surface area (Å²) in [4.78, 5) is 0. The van der Waals surface area contributed by atoms with E-state index in [2.05, 4.69) is 22.5 Å². The minimum Gasteiger partial charge on any atom is -0.375 e. The minimum atomic E-state index is -0.425. The van der Waals surface area contributed by atoms with Gasteiger partial charge in [0.1, 0.15) is 0 Å². The molecule has 2 nitrogen and oxygen atoms in total. The maximum Gasteiger partial charge on any atom is 0.164 e. The van der Waals surface area contributed by atoms with E-state index in [1.807, 2.05) is 0 Å². The molecule has 1 unspecified atom stereocenters. The van der Waals surface area contributed by atoms with Gasteiger partial charge in [0.15, 0.2) is 4.51 Å². The minimum absolute atomic E-state index is 0.425. The Bertz CT molecular complexity index is 108. The van der Waals surface area contributed by atoms with Gasteiger partial charge in [-0.15, -0.1) is 0 Å². The number of ether oxygens (including phenoxy) is 2. The van der Waals surface area contributed by atoms with Crippen LogP contribution in [0.25, 0.3) is 0 Å². The van der Waals surface area contributed by atoms with Crippen LogP contribution in [0.5, 0.6) is 0 Å². The molecule has 1 aliphatic heterocycles. The SMILES string of the molecule is C=CC1(Br)COCCO1. The van der Waals surface area contributed by atoms with Gasteiger partial charge in [0.25, 0.3) is 0 Å². The smallest absolute Gasteiger partial charge is 0.164 e. The largest absolute Gasteiger partial charge is 0.375 e. The van der Waals surface area contributed by atoms with Crippen LogP contribution in [-0.2, 0) is 9.47 Å². The Labute approximate surface area is 63.0 Å². The quantitative estimate of drug-likeness (QED) is 0.461. The molecule has 0 aromatic carbocycles. The molecule has 0 spiro atoms. The van der Waals surface area contributed by atoms with Gasteiger partial charge in [-0.1, -0.05) is 6.58 Å². The summed E-state index contributed by atoms with van der Waals surface area (Å²) in [5.74, 6) is 0. The van der Waals surface area contributed by atoms with Crippen molar-refractivity contribution in [1.82, 2.24) is 0 Å². The van der Waals surface area contributed by atoms with Gasteiger partial charge < -0.3 is 9.47 Å². The molecule has 0 aliphatic carbocycles. The Morgan fingerprint density at radius 3 is 2.67 bits per heavy atom. The Hall–Kier alpha value is 0.140. The first-order valence-corrected chi connectivity index (χ1v) is 3.60. The lowest BCUT2D eigenvalue weighted by molar-refractivity contribution is -0.0814. The van der Waals surface area contributed by atoms with Crippen LogP contribution < -0.4 is 0 Å². The van der Waals surface area contributed by atoms with Gasteiger partial charge in [0.2, 0.25) is 0 Å². The van der Waals surface area contributed by atoms with E-state index in [1.165, 1.54) is 0 Å². The molecule has 0 radical (unpaired) electrons. The molecule has 1 atom stereocenters. The molecule has 0 N–H and O–H groups in total. The Morgan fingerprint density at radius 1 is 1.56 bits per heavy atom.